The van der Waals surface area contributed by atoms with Gasteiger partial charge in [-0.1, -0.05) is 85.3 Å². The quantitative estimate of drug-likeness (QED) is 0.185. The molecule has 8 aromatic rings. The van der Waals surface area contributed by atoms with Gasteiger partial charge < -0.3 is 24.8 Å². The van der Waals surface area contributed by atoms with Crippen molar-refractivity contribution in [2.45, 2.75) is 13.8 Å². The van der Waals surface area contributed by atoms with Gasteiger partial charge in [0.15, 0.2) is 0 Å². The molecule has 0 saturated heterocycles. The van der Waals surface area contributed by atoms with Crippen LogP contribution in [0.3, 0.4) is 0 Å². The van der Waals surface area contributed by atoms with Crippen LogP contribution in [0.15, 0.2) is 158 Å². The van der Waals surface area contributed by atoms with Crippen LogP contribution in [0, 0.1) is 13.8 Å². The molecule has 8 aromatic carbocycles. The molecule has 8 rings (SSSR count). The molecule has 0 aliphatic carbocycles. The molecule has 0 aliphatic rings. The van der Waals surface area contributed by atoms with E-state index in [1.54, 1.807) is 8.79 Å². The third-order valence-corrected chi connectivity index (χ3v) is 22.2. The third-order valence-electron chi connectivity index (χ3n) is 7.64. The summed E-state index contributed by atoms with van der Waals surface area (Å²) in [4.78, 5) is 0. The fraction of sp³-hybridized carbons (Fsp3) is 0.0500. The van der Waals surface area contributed by atoms with Gasteiger partial charge >= 0.3 is 101 Å². The number of rotatable bonds is 2. The summed E-state index contributed by atoms with van der Waals surface area (Å²) in [7, 11) is -1.06. The van der Waals surface area contributed by atoms with Gasteiger partial charge in [-0.05, 0) is 10.8 Å². The molecule has 0 radical (unpaired) electrons. The Morgan fingerprint density at radius 1 is 0.432 bits per heavy atom. The summed E-state index contributed by atoms with van der Waals surface area (Å²) >= 11 is 1.33. The van der Waals surface area contributed by atoms with Gasteiger partial charge in [-0.3, -0.25) is 0 Å². The van der Waals surface area contributed by atoms with Crippen LogP contribution in [0.4, 0.5) is 0 Å². The van der Waals surface area contributed by atoms with E-state index < -0.39 is 10.1 Å². The van der Waals surface area contributed by atoms with E-state index in [1.165, 1.54) is 75.5 Å². The van der Waals surface area contributed by atoms with Crippen LogP contribution >= 0.6 is 0 Å². The summed E-state index contributed by atoms with van der Waals surface area (Å²) in [5.41, 5.74) is 2.69. The average molecular weight is 835 g/mol. The molecule has 0 aliphatic heterocycles. The molecule has 0 aromatic heterocycles. The van der Waals surface area contributed by atoms with Gasteiger partial charge in [0, 0.05) is 0 Å². The maximum absolute atomic E-state index is 2.29. The molecular formula is C40H32Cl2GeHf-2. The molecule has 0 amide bonds. The summed E-state index contributed by atoms with van der Waals surface area (Å²) in [5.74, 6) is 0. The second kappa shape index (κ2) is 15.9. The Morgan fingerprint density at radius 3 is 1.20 bits per heavy atom. The average Bonchev–Trinajstić information content (AvgIpc) is 3.63. The van der Waals surface area contributed by atoms with E-state index in [1.807, 2.05) is 0 Å². The van der Waals surface area contributed by atoms with E-state index in [4.69, 9.17) is 0 Å². The number of fused-ring (bicyclic) bond motifs is 6. The van der Waals surface area contributed by atoms with Crippen molar-refractivity contribution in [3.63, 3.8) is 0 Å². The van der Waals surface area contributed by atoms with Crippen molar-refractivity contribution in [2.24, 2.45) is 0 Å². The number of halogens is 2. The van der Waals surface area contributed by atoms with Crippen LogP contribution in [0.2, 0.25) is 0 Å². The predicted molar refractivity (Wildman–Crippen MR) is 181 cm³/mol. The first kappa shape index (κ1) is 33.9. The van der Waals surface area contributed by atoms with Gasteiger partial charge in [0.2, 0.25) is 0 Å². The second-order valence-corrected chi connectivity index (χ2v) is 24.1. The fourth-order valence-corrected chi connectivity index (χ4v) is 14.7. The molecule has 0 saturated carbocycles. The van der Waals surface area contributed by atoms with Crippen LogP contribution in [0.5, 0.6) is 0 Å². The van der Waals surface area contributed by atoms with Crippen LogP contribution in [-0.2, 0) is 21.3 Å². The standard InChI is InChI=1S/2C14H11.C12H10Ge.2ClH.Hf/c2*1-10-8-12-7-6-11-4-2-3-5-13(11)14(12)9-10;1-3-7-11(8-4-1)13-12-9-5-2-6-10-12;;;/h2*2-9H,1H3;1-10H;2*1H;/q2*-1;;;;+2/p-2. The van der Waals surface area contributed by atoms with Gasteiger partial charge in [0.25, 0.3) is 0 Å². The molecule has 0 atom stereocenters. The zero-order valence-electron chi connectivity index (χ0n) is 24.8. The minimum atomic E-state index is -1.06. The maximum atomic E-state index is 2.29. The monoisotopic (exact) mass is 836 g/mol. The topological polar surface area (TPSA) is 0 Å². The summed E-state index contributed by atoms with van der Waals surface area (Å²) in [6, 6.07) is 56.8. The molecule has 0 unspecified atom stereocenters. The van der Waals surface area contributed by atoms with Crippen LogP contribution in [0.1, 0.15) is 11.1 Å². The zero-order valence-corrected chi connectivity index (χ0v) is 32.0. The number of hydrogen-bond donors (Lipinski definition) is 0. The Kier molecular flexibility index (Phi) is 12.2. The molecule has 44 heavy (non-hydrogen) atoms. The molecule has 0 N–H and O–H groups in total. The molecular weight excluding hydrogens is 802 g/mol. The zero-order chi connectivity index (χ0) is 28.9. The van der Waals surface area contributed by atoms with Crippen LogP contribution < -0.4 is 33.6 Å². The van der Waals surface area contributed by atoms with Crippen molar-refractivity contribution in [1.29, 1.82) is 0 Å². The van der Waals surface area contributed by atoms with E-state index >= 15 is 0 Å². The van der Waals surface area contributed by atoms with E-state index in [-0.39, 0.29) is 24.8 Å². The molecule has 0 nitrogen and oxygen atoms in total. The number of aryl methyl sites for hydroxylation is 2. The van der Waals surface area contributed by atoms with Crippen molar-refractivity contribution in [3.8, 4) is 0 Å². The first-order valence-corrected chi connectivity index (χ1v) is 26.8. The van der Waals surface area contributed by atoms with E-state index in [0.29, 0.717) is 0 Å². The first-order chi connectivity index (χ1) is 20.6. The van der Waals surface area contributed by atoms with Gasteiger partial charge in [0.05, 0.1) is 0 Å². The second-order valence-electron chi connectivity index (χ2n) is 10.8. The van der Waals surface area contributed by atoms with Crippen molar-refractivity contribution in [3.05, 3.63) is 169 Å². The molecule has 0 bridgehead atoms. The van der Waals surface area contributed by atoms with Crippen molar-refractivity contribution < 1.29 is 46.1 Å². The molecule has 4 heteroatoms. The van der Waals surface area contributed by atoms with Gasteiger partial charge in [-0.25, -0.2) is 0 Å². The SMILES string of the molecule is Cc1cc2c(ccc3ccccc32)[cH-]1.Cc1cc2c(ccc3ccccc32)[cH-]1.[Cl-].[Cl-].[Hf+2]=[Ge]([c]1ccccc1)[c]1ccccc1. The van der Waals surface area contributed by atoms with Crippen molar-refractivity contribution in [2.75, 3.05) is 0 Å². The molecule has 0 fully saturated rings. The predicted octanol–water partition coefficient (Wildman–Crippen LogP) is 3.39. The Hall–Kier alpha value is -2.95. The van der Waals surface area contributed by atoms with E-state index in [2.05, 4.69) is 172 Å². The number of benzene rings is 6. The normalized spacial score (nSPS) is 10.3. The van der Waals surface area contributed by atoms with Crippen LogP contribution in [-0.4, -0.2) is 10.1 Å². The summed E-state index contributed by atoms with van der Waals surface area (Å²) in [5, 5.41) is 10.8. The molecule has 0 spiro atoms. The number of hydrogen-bond acceptors (Lipinski definition) is 0. The Bertz CT molecular complexity index is 1970. The van der Waals surface area contributed by atoms with Gasteiger partial charge in [-0.15, -0.1) is 56.9 Å². The third kappa shape index (κ3) is 7.82. The Morgan fingerprint density at radius 2 is 0.795 bits per heavy atom. The van der Waals surface area contributed by atoms with Gasteiger partial charge in [0.1, 0.15) is 0 Å². The van der Waals surface area contributed by atoms with Crippen LogP contribution in [0.25, 0.3) is 43.1 Å². The Balaban J connectivity index is 0.000000147. The minimum absolute atomic E-state index is 0. The summed E-state index contributed by atoms with van der Waals surface area (Å²) in [6.07, 6.45) is 0. The van der Waals surface area contributed by atoms with E-state index in [9.17, 15) is 0 Å². The van der Waals surface area contributed by atoms with Crippen molar-refractivity contribution in [1.82, 2.24) is 0 Å². The summed E-state index contributed by atoms with van der Waals surface area (Å²) in [6.45, 7) is 4.30. The fourth-order valence-electron chi connectivity index (χ4n) is 5.60. The van der Waals surface area contributed by atoms with E-state index in [0.717, 1.165) is 0 Å². The Labute approximate surface area is 288 Å². The summed E-state index contributed by atoms with van der Waals surface area (Å²) < 4.78 is 3.20. The van der Waals surface area contributed by atoms with Crippen molar-refractivity contribution >= 4 is 61.9 Å². The molecule has 216 valence electrons. The molecule has 0 heterocycles. The van der Waals surface area contributed by atoms with Gasteiger partial charge in [-0.2, -0.15) is 12.1 Å². The first-order valence-electron chi connectivity index (χ1n) is 14.4.